The van der Waals surface area contributed by atoms with Gasteiger partial charge in [-0.05, 0) is 12.8 Å². The highest BCUT2D eigenvalue weighted by molar-refractivity contribution is 6.14. The minimum Gasteiger partial charge on any atom is -0.478 e. The van der Waals surface area contributed by atoms with Gasteiger partial charge in [-0.15, -0.1) is 0 Å². The molecule has 138 valence electrons. The molecule has 1 heterocycles. The van der Waals surface area contributed by atoms with Crippen LogP contribution in [0.4, 0.5) is 0 Å². The van der Waals surface area contributed by atoms with Gasteiger partial charge in [0.15, 0.2) is 0 Å². The van der Waals surface area contributed by atoms with Crippen LogP contribution in [0.5, 0.6) is 0 Å². The number of hydrogen-bond donors (Lipinski definition) is 3. The van der Waals surface area contributed by atoms with Crippen molar-refractivity contribution in [2.45, 2.75) is 46.1 Å². The van der Waals surface area contributed by atoms with Crippen molar-refractivity contribution in [3.8, 4) is 0 Å². The van der Waals surface area contributed by atoms with Crippen LogP contribution >= 0.6 is 0 Å². The first-order chi connectivity index (χ1) is 11.8. The summed E-state index contributed by atoms with van der Waals surface area (Å²) in [6.45, 7) is 3.64. The highest BCUT2D eigenvalue weighted by Crippen LogP contribution is 2.26. The fourth-order valence-corrected chi connectivity index (χ4v) is 2.50. The van der Waals surface area contributed by atoms with Crippen LogP contribution < -0.4 is 0 Å². The minimum absolute atomic E-state index is 0.0331. The molecule has 0 saturated heterocycles. The van der Waals surface area contributed by atoms with E-state index in [4.69, 9.17) is 4.74 Å². The topological polar surface area (TPSA) is 143 Å². The number of carbonyl (C=O) groups is 4. The first-order valence-electron chi connectivity index (χ1n) is 7.91. The molecule has 0 radical (unpaired) electrons. The Labute approximate surface area is 143 Å². The quantitative estimate of drug-likeness (QED) is 0.428. The SMILES string of the molecule is CCCCCOC(=O)c1c(C(=O)O)c(C(=O)O)c(C(=O)O)n1CCC. The summed E-state index contributed by atoms with van der Waals surface area (Å²) in [6.07, 6.45) is 2.62. The standard InChI is InChI=1S/C16H21NO8/c1-3-5-6-8-25-16(24)12-10(14(20)21)9(13(18)19)11(15(22)23)17(12)7-4-2/h3-8H2,1-2H3,(H,18,19)(H,20,21)(H,22,23). The maximum Gasteiger partial charge on any atom is 0.355 e. The van der Waals surface area contributed by atoms with Gasteiger partial charge < -0.3 is 24.6 Å². The summed E-state index contributed by atoms with van der Waals surface area (Å²) in [5, 5.41) is 28.0. The predicted octanol–water partition coefficient (Wildman–Crippen LogP) is 2.34. The van der Waals surface area contributed by atoms with Gasteiger partial charge in [-0.2, -0.15) is 0 Å². The average molecular weight is 355 g/mol. The second-order valence-electron chi connectivity index (χ2n) is 5.36. The molecule has 0 fully saturated rings. The van der Waals surface area contributed by atoms with E-state index in [9.17, 15) is 34.5 Å². The lowest BCUT2D eigenvalue weighted by molar-refractivity contribution is 0.0474. The van der Waals surface area contributed by atoms with Crippen LogP contribution in [0.2, 0.25) is 0 Å². The monoisotopic (exact) mass is 355 g/mol. The molecule has 9 nitrogen and oxygen atoms in total. The van der Waals surface area contributed by atoms with E-state index in [1.54, 1.807) is 6.92 Å². The zero-order chi connectivity index (χ0) is 19.1. The molecule has 0 bridgehead atoms. The predicted molar refractivity (Wildman–Crippen MR) is 85.4 cm³/mol. The van der Waals surface area contributed by atoms with E-state index >= 15 is 0 Å². The minimum atomic E-state index is -1.73. The van der Waals surface area contributed by atoms with Crippen molar-refractivity contribution in [3.63, 3.8) is 0 Å². The van der Waals surface area contributed by atoms with Crippen LogP contribution in [-0.4, -0.2) is 50.4 Å². The molecule has 3 N–H and O–H groups in total. The number of ether oxygens (including phenoxy) is 1. The molecule has 1 rings (SSSR count). The first-order valence-corrected chi connectivity index (χ1v) is 7.91. The van der Waals surface area contributed by atoms with Crippen LogP contribution in [-0.2, 0) is 11.3 Å². The van der Waals surface area contributed by atoms with E-state index < -0.39 is 46.4 Å². The van der Waals surface area contributed by atoms with Crippen LogP contribution in [0.1, 0.15) is 81.2 Å². The van der Waals surface area contributed by atoms with Gasteiger partial charge in [-0.3, -0.25) is 0 Å². The van der Waals surface area contributed by atoms with E-state index in [0.717, 1.165) is 17.4 Å². The number of carbonyl (C=O) groups excluding carboxylic acids is 1. The van der Waals surface area contributed by atoms with Gasteiger partial charge in [-0.1, -0.05) is 26.7 Å². The number of aromatic nitrogens is 1. The van der Waals surface area contributed by atoms with E-state index in [1.165, 1.54) is 0 Å². The normalized spacial score (nSPS) is 10.5. The van der Waals surface area contributed by atoms with E-state index in [0.29, 0.717) is 12.8 Å². The lowest BCUT2D eigenvalue weighted by atomic mass is 10.1. The van der Waals surface area contributed by atoms with Crippen LogP contribution in [0.3, 0.4) is 0 Å². The van der Waals surface area contributed by atoms with Crippen molar-refractivity contribution < 1.29 is 39.2 Å². The third kappa shape index (κ3) is 4.37. The summed E-state index contributed by atoms with van der Waals surface area (Å²) in [5.74, 6) is -6.10. The van der Waals surface area contributed by atoms with Gasteiger partial charge in [0.05, 0.1) is 6.61 Å². The maximum atomic E-state index is 12.3. The Balaban J connectivity index is 3.54. The van der Waals surface area contributed by atoms with E-state index in [1.807, 2.05) is 6.92 Å². The third-order valence-electron chi connectivity index (χ3n) is 3.52. The number of aromatic carboxylic acids is 3. The van der Waals surface area contributed by atoms with Gasteiger partial charge >= 0.3 is 23.9 Å². The number of hydrogen-bond acceptors (Lipinski definition) is 5. The molecule has 25 heavy (non-hydrogen) atoms. The summed E-state index contributed by atoms with van der Waals surface area (Å²) >= 11 is 0. The van der Waals surface area contributed by atoms with Gasteiger partial charge in [0.2, 0.25) is 0 Å². The molecule has 0 aliphatic heterocycles. The summed E-state index contributed by atoms with van der Waals surface area (Å²) < 4.78 is 5.93. The molecule has 1 aromatic rings. The molecule has 9 heteroatoms. The summed E-state index contributed by atoms with van der Waals surface area (Å²) in [6, 6.07) is 0. The van der Waals surface area contributed by atoms with Crippen LogP contribution in [0.15, 0.2) is 0 Å². The van der Waals surface area contributed by atoms with Crippen molar-refractivity contribution >= 4 is 23.9 Å². The van der Waals surface area contributed by atoms with Gasteiger partial charge in [0, 0.05) is 6.54 Å². The summed E-state index contributed by atoms with van der Waals surface area (Å²) in [5.41, 5.74) is -3.08. The second kappa shape index (κ2) is 8.86. The second-order valence-corrected chi connectivity index (χ2v) is 5.36. The Kier molecular flexibility index (Phi) is 7.16. The molecular formula is C16H21NO8. The van der Waals surface area contributed by atoms with Crippen molar-refractivity contribution in [2.75, 3.05) is 6.61 Å². The lowest BCUT2D eigenvalue weighted by Gasteiger charge is -2.11. The highest BCUT2D eigenvalue weighted by atomic mass is 16.5. The summed E-state index contributed by atoms with van der Waals surface area (Å²) in [4.78, 5) is 46.8. The number of unbranched alkanes of at least 4 members (excludes halogenated alkanes) is 2. The smallest absolute Gasteiger partial charge is 0.355 e. The van der Waals surface area contributed by atoms with E-state index in [2.05, 4.69) is 0 Å². The molecule has 0 spiro atoms. The van der Waals surface area contributed by atoms with Gasteiger partial charge in [-0.25, -0.2) is 19.2 Å². The van der Waals surface area contributed by atoms with Crippen LogP contribution in [0.25, 0.3) is 0 Å². The third-order valence-corrected chi connectivity index (χ3v) is 3.52. The van der Waals surface area contributed by atoms with Crippen molar-refractivity contribution in [1.29, 1.82) is 0 Å². The maximum absolute atomic E-state index is 12.3. The Morgan fingerprint density at radius 2 is 1.40 bits per heavy atom. The van der Waals surface area contributed by atoms with Crippen molar-refractivity contribution in [2.24, 2.45) is 0 Å². The molecule has 1 aromatic heterocycles. The number of carboxylic acid groups (broad SMARTS) is 3. The van der Waals surface area contributed by atoms with Crippen LogP contribution in [0, 0.1) is 0 Å². The number of rotatable bonds is 10. The molecular weight excluding hydrogens is 334 g/mol. The number of carboxylic acids is 3. The molecule has 0 unspecified atom stereocenters. The summed E-state index contributed by atoms with van der Waals surface area (Å²) in [7, 11) is 0. The van der Waals surface area contributed by atoms with Crippen molar-refractivity contribution in [1.82, 2.24) is 4.57 Å². The Bertz CT molecular complexity index is 689. The fourth-order valence-electron chi connectivity index (χ4n) is 2.50. The fraction of sp³-hybridized carbons (Fsp3) is 0.500. The lowest BCUT2D eigenvalue weighted by Crippen LogP contribution is -2.19. The zero-order valence-electron chi connectivity index (χ0n) is 14.1. The molecule has 0 aromatic carbocycles. The van der Waals surface area contributed by atoms with E-state index in [-0.39, 0.29) is 13.2 Å². The Hall–Kier alpha value is -2.84. The molecule has 0 atom stereocenters. The van der Waals surface area contributed by atoms with Gasteiger partial charge in [0.1, 0.15) is 22.5 Å². The highest BCUT2D eigenvalue weighted by Gasteiger charge is 2.37. The molecule has 0 amide bonds. The molecule has 0 saturated carbocycles. The molecule has 0 aliphatic rings. The Morgan fingerprint density at radius 3 is 1.84 bits per heavy atom. The average Bonchev–Trinajstić information content (AvgIpc) is 2.87. The first kappa shape index (κ1) is 20.2. The largest absolute Gasteiger partial charge is 0.478 e. The Morgan fingerprint density at radius 1 is 0.840 bits per heavy atom. The number of nitrogens with zero attached hydrogens (tertiary/aromatic N) is 1. The van der Waals surface area contributed by atoms with Gasteiger partial charge in [0.25, 0.3) is 0 Å². The molecule has 0 aliphatic carbocycles. The number of esters is 1. The van der Waals surface area contributed by atoms with Crippen molar-refractivity contribution in [3.05, 3.63) is 22.5 Å². The zero-order valence-corrected chi connectivity index (χ0v) is 14.1.